The predicted molar refractivity (Wildman–Crippen MR) is 112 cm³/mol. The Balaban J connectivity index is 1.49. The summed E-state index contributed by atoms with van der Waals surface area (Å²) >= 11 is 2.65. The minimum absolute atomic E-state index is 0.0692. The molecular formula is C20H17N3O3S2. The lowest BCUT2D eigenvalue weighted by molar-refractivity contribution is -0.127. The van der Waals surface area contributed by atoms with Crippen molar-refractivity contribution in [2.75, 3.05) is 12.8 Å². The second-order valence-electron chi connectivity index (χ2n) is 6.18. The van der Waals surface area contributed by atoms with Crippen LogP contribution in [0.4, 0.5) is 0 Å². The molecule has 0 bridgehead atoms. The number of hydrogen-bond acceptors (Lipinski definition) is 6. The van der Waals surface area contributed by atoms with Crippen LogP contribution in [0.25, 0.3) is 21.3 Å². The van der Waals surface area contributed by atoms with E-state index in [1.807, 2.05) is 41.8 Å². The Hall–Kier alpha value is -2.84. The number of carbonyl (C=O) groups is 1. The van der Waals surface area contributed by atoms with Gasteiger partial charge in [0.15, 0.2) is 5.16 Å². The summed E-state index contributed by atoms with van der Waals surface area (Å²) in [7, 11) is 1.72. The molecule has 0 atom stereocenters. The van der Waals surface area contributed by atoms with Crippen LogP contribution in [0.5, 0.6) is 0 Å². The zero-order chi connectivity index (χ0) is 19.5. The van der Waals surface area contributed by atoms with Gasteiger partial charge in [-0.25, -0.2) is 4.98 Å². The first kappa shape index (κ1) is 18.5. The van der Waals surface area contributed by atoms with E-state index in [1.54, 1.807) is 24.3 Å². The van der Waals surface area contributed by atoms with Crippen LogP contribution in [0.3, 0.4) is 0 Å². The molecule has 0 aliphatic carbocycles. The first-order chi connectivity index (χ1) is 13.6. The third-order valence-electron chi connectivity index (χ3n) is 4.24. The number of aromatic amines is 1. The van der Waals surface area contributed by atoms with Gasteiger partial charge in [0.1, 0.15) is 10.6 Å². The maximum Gasteiger partial charge on any atom is 0.260 e. The van der Waals surface area contributed by atoms with Crippen LogP contribution in [0.2, 0.25) is 0 Å². The Bertz CT molecular complexity index is 1150. The molecular weight excluding hydrogens is 394 g/mol. The Labute approximate surface area is 169 Å². The van der Waals surface area contributed by atoms with Gasteiger partial charge in [0.2, 0.25) is 5.91 Å². The molecule has 8 heteroatoms. The smallest absolute Gasteiger partial charge is 0.260 e. The maximum atomic E-state index is 12.6. The Morgan fingerprint density at radius 3 is 2.82 bits per heavy atom. The highest BCUT2D eigenvalue weighted by atomic mass is 32.2. The number of hydrogen-bond donors (Lipinski definition) is 1. The van der Waals surface area contributed by atoms with Crippen molar-refractivity contribution >= 4 is 39.2 Å². The fourth-order valence-electron chi connectivity index (χ4n) is 2.79. The van der Waals surface area contributed by atoms with Crippen molar-refractivity contribution in [3.63, 3.8) is 0 Å². The minimum Gasteiger partial charge on any atom is -0.467 e. The van der Waals surface area contributed by atoms with Crippen LogP contribution < -0.4 is 5.56 Å². The third-order valence-corrected chi connectivity index (χ3v) is 5.97. The largest absolute Gasteiger partial charge is 0.467 e. The summed E-state index contributed by atoms with van der Waals surface area (Å²) in [6.07, 6.45) is 1.58. The van der Waals surface area contributed by atoms with Crippen LogP contribution >= 0.6 is 23.1 Å². The fourth-order valence-corrected chi connectivity index (χ4v) is 4.60. The van der Waals surface area contributed by atoms with Crippen LogP contribution in [0.1, 0.15) is 5.76 Å². The summed E-state index contributed by atoms with van der Waals surface area (Å²) in [5.41, 5.74) is 1.67. The number of nitrogens with zero attached hydrogens (tertiary/aromatic N) is 2. The minimum atomic E-state index is -0.191. The average molecular weight is 412 g/mol. The Morgan fingerprint density at radius 2 is 2.07 bits per heavy atom. The molecule has 1 amide bonds. The number of amides is 1. The van der Waals surface area contributed by atoms with Gasteiger partial charge in [-0.3, -0.25) is 9.59 Å². The standard InChI is InChI=1S/C20H17N3O3S2/c1-23(10-14-8-5-9-26-14)16(24)12-28-20-21-18(25)17-15(11-27-19(17)22-20)13-6-3-2-4-7-13/h2-9,11H,10,12H2,1H3,(H,21,22,25). The van der Waals surface area contributed by atoms with E-state index < -0.39 is 0 Å². The number of nitrogens with one attached hydrogen (secondary N) is 1. The van der Waals surface area contributed by atoms with Gasteiger partial charge in [0.25, 0.3) is 5.56 Å². The van der Waals surface area contributed by atoms with E-state index in [0.29, 0.717) is 21.9 Å². The summed E-state index contributed by atoms with van der Waals surface area (Å²) in [6, 6.07) is 13.4. The van der Waals surface area contributed by atoms with Crippen LogP contribution in [0, 0.1) is 0 Å². The Kier molecular flexibility index (Phi) is 5.31. The second kappa shape index (κ2) is 8.04. The number of benzene rings is 1. The summed E-state index contributed by atoms with van der Waals surface area (Å²) in [4.78, 5) is 34.5. The number of furan rings is 1. The number of H-pyrrole nitrogens is 1. The van der Waals surface area contributed by atoms with E-state index >= 15 is 0 Å². The lowest BCUT2D eigenvalue weighted by Crippen LogP contribution is -2.27. The molecule has 0 unspecified atom stereocenters. The molecule has 0 saturated heterocycles. The molecule has 1 N–H and O–H groups in total. The van der Waals surface area contributed by atoms with E-state index in [0.717, 1.165) is 16.9 Å². The summed E-state index contributed by atoms with van der Waals surface area (Å²) in [5.74, 6) is 0.837. The van der Waals surface area contributed by atoms with Gasteiger partial charge in [-0.2, -0.15) is 0 Å². The maximum absolute atomic E-state index is 12.6. The lowest BCUT2D eigenvalue weighted by atomic mass is 10.1. The van der Waals surface area contributed by atoms with Crippen LogP contribution in [-0.2, 0) is 11.3 Å². The summed E-state index contributed by atoms with van der Waals surface area (Å²) in [6.45, 7) is 0.404. The quantitative estimate of drug-likeness (QED) is 0.383. The lowest BCUT2D eigenvalue weighted by Gasteiger charge is -2.15. The van der Waals surface area contributed by atoms with E-state index in [1.165, 1.54) is 23.1 Å². The van der Waals surface area contributed by atoms with E-state index in [2.05, 4.69) is 9.97 Å². The molecule has 3 aromatic heterocycles. The molecule has 6 nitrogen and oxygen atoms in total. The highest BCUT2D eigenvalue weighted by Crippen LogP contribution is 2.31. The summed E-state index contributed by atoms with van der Waals surface area (Å²) < 4.78 is 5.26. The van der Waals surface area contributed by atoms with E-state index in [-0.39, 0.29) is 17.2 Å². The third kappa shape index (κ3) is 3.88. The van der Waals surface area contributed by atoms with Gasteiger partial charge < -0.3 is 14.3 Å². The summed E-state index contributed by atoms with van der Waals surface area (Å²) in [5, 5.41) is 2.97. The number of fused-ring (bicyclic) bond motifs is 1. The van der Waals surface area contributed by atoms with Gasteiger partial charge in [0, 0.05) is 18.0 Å². The molecule has 3 heterocycles. The van der Waals surface area contributed by atoms with Gasteiger partial charge in [-0.15, -0.1) is 11.3 Å². The van der Waals surface area contributed by atoms with Gasteiger partial charge >= 0.3 is 0 Å². The highest BCUT2D eigenvalue weighted by molar-refractivity contribution is 7.99. The van der Waals surface area contributed by atoms with E-state index in [9.17, 15) is 9.59 Å². The van der Waals surface area contributed by atoms with E-state index in [4.69, 9.17) is 4.42 Å². The Morgan fingerprint density at radius 1 is 1.25 bits per heavy atom. The highest BCUT2D eigenvalue weighted by Gasteiger charge is 2.15. The van der Waals surface area contributed by atoms with Crippen LogP contribution in [0.15, 0.2) is 68.5 Å². The molecule has 0 fully saturated rings. The van der Waals surface area contributed by atoms with Crippen LogP contribution in [-0.4, -0.2) is 33.6 Å². The van der Waals surface area contributed by atoms with Crippen molar-refractivity contribution in [1.82, 2.24) is 14.9 Å². The van der Waals surface area contributed by atoms with Crippen molar-refractivity contribution in [2.24, 2.45) is 0 Å². The molecule has 0 aliphatic rings. The number of carbonyl (C=O) groups excluding carboxylic acids is 1. The molecule has 28 heavy (non-hydrogen) atoms. The monoisotopic (exact) mass is 411 g/mol. The van der Waals surface area contributed by atoms with Crippen molar-refractivity contribution < 1.29 is 9.21 Å². The fraction of sp³-hybridized carbons (Fsp3) is 0.150. The molecule has 4 aromatic rings. The zero-order valence-electron chi connectivity index (χ0n) is 15.0. The predicted octanol–water partition coefficient (Wildman–Crippen LogP) is 4.00. The number of aromatic nitrogens is 2. The molecule has 4 rings (SSSR count). The number of thiophene rings is 1. The molecule has 0 radical (unpaired) electrons. The SMILES string of the molecule is CN(Cc1ccco1)C(=O)CSc1nc2scc(-c3ccccc3)c2c(=O)[nH]1. The van der Waals surface area contributed by atoms with Crippen molar-refractivity contribution in [3.05, 3.63) is 70.2 Å². The van der Waals surface area contributed by atoms with Crippen molar-refractivity contribution in [1.29, 1.82) is 0 Å². The van der Waals surface area contributed by atoms with Crippen molar-refractivity contribution in [2.45, 2.75) is 11.7 Å². The van der Waals surface area contributed by atoms with Gasteiger partial charge in [-0.05, 0) is 17.7 Å². The molecule has 0 saturated carbocycles. The molecule has 1 aromatic carbocycles. The second-order valence-corrected chi connectivity index (χ2v) is 8.01. The normalized spacial score (nSPS) is 11.0. The first-order valence-electron chi connectivity index (χ1n) is 8.58. The molecule has 142 valence electrons. The van der Waals surface area contributed by atoms with Gasteiger partial charge in [-0.1, -0.05) is 42.1 Å². The van der Waals surface area contributed by atoms with Gasteiger partial charge in [0.05, 0.1) is 23.9 Å². The van der Waals surface area contributed by atoms with Crippen molar-refractivity contribution in [3.8, 4) is 11.1 Å². The average Bonchev–Trinajstić information content (AvgIpc) is 3.36. The first-order valence-corrected chi connectivity index (χ1v) is 10.4. The topological polar surface area (TPSA) is 79.2 Å². The molecule has 0 aliphatic heterocycles. The number of rotatable bonds is 6. The number of thioether (sulfide) groups is 1. The zero-order valence-corrected chi connectivity index (χ0v) is 16.7. The molecule has 0 spiro atoms.